The first-order chi connectivity index (χ1) is 11.8. The molecular formula is C15H14N2O6S2. The zero-order valence-electron chi connectivity index (χ0n) is 13.3. The second kappa shape index (κ2) is 7.62. The highest BCUT2D eigenvalue weighted by molar-refractivity contribution is 8.26. The highest BCUT2D eigenvalue weighted by atomic mass is 32.2. The van der Waals surface area contributed by atoms with Gasteiger partial charge in [-0.1, -0.05) is 30.0 Å². The number of carbonyl (C=O) groups is 2. The molecule has 10 heteroatoms. The fourth-order valence-electron chi connectivity index (χ4n) is 2.11. The Hall–Kier alpha value is -2.46. The average molecular weight is 382 g/mol. The smallest absolute Gasteiger partial charge is 0.329 e. The molecule has 1 heterocycles. The van der Waals surface area contributed by atoms with E-state index in [1.165, 1.54) is 25.1 Å². The minimum absolute atomic E-state index is 0.185. The van der Waals surface area contributed by atoms with Crippen molar-refractivity contribution >= 4 is 51.9 Å². The third-order valence-corrected chi connectivity index (χ3v) is 4.66. The average Bonchev–Trinajstić information content (AvgIpc) is 2.82. The number of nitro groups is 1. The maximum absolute atomic E-state index is 12.5. The van der Waals surface area contributed by atoms with Crippen LogP contribution in [0.2, 0.25) is 0 Å². The van der Waals surface area contributed by atoms with Gasteiger partial charge in [0.15, 0.2) is 5.75 Å². The number of hydrogen-bond acceptors (Lipinski definition) is 8. The van der Waals surface area contributed by atoms with Crippen LogP contribution in [0.5, 0.6) is 5.75 Å². The molecule has 1 saturated heterocycles. The first-order valence-corrected chi connectivity index (χ1v) is 8.39. The summed E-state index contributed by atoms with van der Waals surface area (Å²) in [6, 6.07) is 2.89. The van der Waals surface area contributed by atoms with Crippen molar-refractivity contribution in [3.63, 3.8) is 0 Å². The molecule has 0 radical (unpaired) electrons. The van der Waals surface area contributed by atoms with E-state index >= 15 is 0 Å². The number of hydrogen-bond donors (Lipinski definition) is 1. The summed E-state index contributed by atoms with van der Waals surface area (Å²) < 4.78 is 5.10. The lowest BCUT2D eigenvalue weighted by atomic mass is 10.1. The van der Waals surface area contributed by atoms with Gasteiger partial charge in [0.05, 0.1) is 16.4 Å². The maximum atomic E-state index is 12.5. The Morgan fingerprint density at radius 3 is 2.84 bits per heavy atom. The first-order valence-electron chi connectivity index (χ1n) is 7.17. The Bertz CT molecular complexity index is 792. The molecule has 1 unspecified atom stereocenters. The van der Waals surface area contributed by atoms with E-state index in [0.717, 1.165) is 22.7 Å². The van der Waals surface area contributed by atoms with Crippen LogP contribution in [0.3, 0.4) is 0 Å². The van der Waals surface area contributed by atoms with Crippen molar-refractivity contribution in [1.29, 1.82) is 0 Å². The predicted octanol–water partition coefficient (Wildman–Crippen LogP) is 2.45. The number of phenols is 1. The van der Waals surface area contributed by atoms with E-state index in [0.29, 0.717) is 5.56 Å². The van der Waals surface area contributed by atoms with Crippen molar-refractivity contribution in [2.24, 2.45) is 0 Å². The third kappa shape index (κ3) is 3.97. The summed E-state index contributed by atoms with van der Waals surface area (Å²) in [6.45, 7) is 3.36. The quantitative estimate of drug-likeness (QED) is 0.272. The molecule has 0 aromatic heterocycles. The lowest BCUT2D eigenvalue weighted by molar-refractivity contribution is -0.385. The van der Waals surface area contributed by atoms with E-state index in [9.17, 15) is 24.8 Å². The Balaban J connectivity index is 2.30. The third-order valence-electron chi connectivity index (χ3n) is 3.33. The van der Waals surface area contributed by atoms with Crippen molar-refractivity contribution in [3.8, 4) is 5.75 Å². The van der Waals surface area contributed by atoms with Gasteiger partial charge in [-0.3, -0.25) is 19.8 Å². The molecule has 1 N–H and O–H groups in total. The Morgan fingerprint density at radius 2 is 2.24 bits per heavy atom. The Morgan fingerprint density at radius 1 is 1.56 bits per heavy atom. The molecule has 8 nitrogen and oxygen atoms in total. The molecule has 1 aromatic carbocycles. The molecule has 1 amide bonds. The molecule has 2 rings (SSSR count). The second-order valence-corrected chi connectivity index (χ2v) is 6.66. The van der Waals surface area contributed by atoms with Gasteiger partial charge < -0.3 is 9.84 Å². The summed E-state index contributed by atoms with van der Waals surface area (Å²) in [7, 11) is 0. The van der Waals surface area contributed by atoms with Gasteiger partial charge in [0.25, 0.3) is 5.91 Å². The maximum Gasteiger partial charge on any atom is 0.329 e. The van der Waals surface area contributed by atoms with Crippen molar-refractivity contribution in [1.82, 2.24) is 4.90 Å². The minimum atomic E-state index is -0.868. The number of ether oxygens (including phenoxy) is 1. The zero-order chi connectivity index (χ0) is 18.7. The summed E-state index contributed by atoms with van der Waals surface area (Å²) in [5.41, 5.74) is -0.113. The number of thioether (sulfide) groups is 1. The number of benzene rings is 1. The standard InChI is InChI=1S/C15H14N2O6S2/c1-3-23-14(20)8(2)16-13(19)12(25-15(16)24)7-9-4-5-11(18)10(6-9)17(21)22/h4-8,18H,3H2,1-2H3/b12-7-. The Labute approximate surface area is 152 Å². The summed E-state index contributed by atoms with van der Waals surface area (Å²) in [4.78, 5) is 35.9. The monoisotopic (exact) mass is 382 g/mol. The van der Waals surface area contributed by atoms with E-state index in [-0.39, 0.29) is 15.8 Å². The van der Waals surface area contributed by atoms with Crippen molar-refractivity contribution in [3.05, 3.63) is 38.8 Å². The van der Waals surface area contributed by atoms with Gasteiger partial charge >= 0.3 is 11.7 Å². The first kappa shape index (κ1) is 18.9. The minimum Gasteiger partial charge on any atom is -0.502 e. The molecule has 0 bridgehead atoms. The van der Waals surface area contributed by atoms with Crippen LogP contribution in [0.25, 0.3) is 6.08 Å². The molecule has 132 valence electrons. The number of thiocarbonyl (C=S) groups is 1. The van der Waals surface area contributed by atoms with Gasteiger partial charge in [-0.25, -0.2) is 4.79 Å². The fourth-order valence-corrected chi connectivity index (χ4v) is 3.53. The molecule has 1 aromatic rings. The number of nitro benzene ring substituents is 1. The van der Waals surface area contributed by atoms with Crippen molar-refractivity contribution < 1.29 is 24.4 Å². The lowest BCUT2D eigenvalue weighted by Gasteiger charge is -2.21. The number of aromatic hydroxyl groups is 1. The molecule has 0 aliphatic carbocycles. The number of esters is 1. The molecule has 1 aliphatic rings. The normalized spacial score (nSPS) is 17.0. The predicted molar refractivity (Wildman–Crippen MR) is 95.9 cm³/mol. The van der Waals surface area contributed by atoms with E-state index in [4.69, 9.17) is 17.0 Å². The highest BCUT2D eigenvalue weighted by Crippen LogP contribution is 2.35. The number of amides is 1. The van der Waals surface area contributed by atoms with Crippen LogP contribution in [0.15, 0.2) is 23.1 Å². The summed E-state index contributed by atoms with van der Waals surface area (Å²) in [6.07, 6.45) is 1.42. The molecule has 1 fully saturated rings. The van der Waals surface area contributed by atoms with Gasteiger partial charge in [-0.2, -0.15) is 0 Å². The number of phenolic OH excluding ortho intramolecular Hbond substituents is 1. The zero-order valence-corrected chi connectivity index (χ0v) is 14.9. The van der Waals surface area contributed by atoms with Crippen LogP contribution < -0.4 is 0 Å². The lowest BCUT2D eigenvalue weighted by Crippen LogP contribution is -2.42. The SMILES string of the molecule is CCOC(=O)C(C)N1C(=O)/C(=C/c2ccc(O)c([N+](=O)[O-])c2)SC1=S. The summed E-state index contributed by atoms with van der Waals surface area (Å²) in [5, 5.41) is 20.3. The van der Waals surface area contributed by atoms with Crippen LogP contribution in [0, 0.1) is 10.1 Å². The van der Waals surface area contributed by atoms with Gasteiger partial charge in [-0.05, 0) is 31.6 Å². The fraction of sp³-hybridized carbons (Fsp3) is 0.267. The van der Waals surface area contributed by atoms with Gasteiger partial charge in [0.2, 0.25) is 0 Å². The van der Waals surface area contributed by atoms with Crippen LogP contribution in [-0.4, -0.2) is 43.8 Å². The molecule has 25 heavy (non-hydrogen) atoms. The van der Waals surface area contributed by atoms with E-state index in [1.807, 2.05) is 0 Å². The van der Waals surface area contributed by atoms with Crippen LogP contribution in [-0.2, 0) is 14.3 Å². The van der Waals surface area contributed by atoms with Crippen LogP contribution >= 0.6 is 24.0 Å². The topological polar surface area (TPSA) is 110 Å². The summed E-state index contributed by atoms with van der Waals surface area (Å²) >= 11 is 6.14. The number of rotatable bonds is 5. The van der Waals surface area contributed by atoms with Crippen molar-refractivity contribution in [2.75, 3.05) is 6.61 Å². The van der Waals surface area contributed by atoms with Gasteiger partial charge in [0.1, 0.15) is 10.4 Å². The molecule has 1 atom stereocenters. The van der Waals surface area contributed by atoms with Crippen molar-refractivity contribution in [2.45, 2.75) is 19.9 Å². The molecule has 1 aliphatic heterocycles. The van der Waals surface area contributed by atoms with Gasteiger partial charge in [-0.15, -0.1) is 0 Å². The second-order valence-electron chi connectivity index (χ2n) is 4.98. The molecule has 0 saturated carbocycles. The van der Waals surface area contributed by atoms with E-state index in [1.54, 1.807) is 6.92 Å². The van der Waals surface area contributed by atoms with Gasteiger partial charge in [0, 0.05) is 6.07 Å². The molecular weight excluding hydrogens is 368 g/mol. The largest absolute Gasteiger partial charge is 0.502 e. The highest BCUT2D eigenvalue weighted by Gasteiger charge is 2.38. The van der Waals surface area contributed by atoms with Crippen LogP contribution in [0.1, 0.15) is 19.4 Å². The Kier molecular flexibility index (Phi) is 5.75. The van der Waals surface area contributed by atoms with Crippen LogP contribution in [0.4, 0.5) is 5.69 Å². The summed E-state index contributed by atoms with van der Waals surface area (Å²) in [5.74, 6) is -1.52. The van der Waals surface area contributed by atoms with E-state index in [2.05, 4.69) is 0 Å². The number of nitrogens with zero attached hydrogens (tertiary/aromatic N) is 2. The number of carbonyl (C=O) groups excluding carboxylic acids is 2. The van der Waals surface area contributed by atoms with E-state index < -0.39 is 34.3 Å². The molecule has 0 spiro atoms.